The highest BCUT2D eigenvalue weighted by Crippen LogP contribution is 2.24. The molecule has 0 aliphatic carbocycles. The zero-order chi connectivity index (χ0) is 17.8. The summed E-state index contributed by atoms with van der Waals surface area (Å²) in [6.45, 7) is 1.44. The predicted molar refractivity (Wildman–Crippen MR) is 90.8 cm³/mol. The molecule has 0 spiro atoms. The fraction of sp³-hybridized carbons (Fsp3) is 0.353. The van der Waals surface area contributed by atoms with Gasteiger partial charge in [0.25, 0.3) is 0 Å². The molecule has 0 radical (unpaired) electrons. The zero-order valence-electron chi connectivity index (χ0n) is 13.7. The lowest BCUT2D eigenvalue weighted by Gasteiger charge is -2.33. The first-order valence-corrected chi connectivity index (χ1v) is 8.24. The van der Waals surface area contributed by atoms with E-state index in [9.17, 15) is 9.59 Å². The van der Waals surface area contributed by atoms with E-state index in [2.05, 4.69) is 15.0 Å². The van der Waals surface area contributed by atoms with E-state index in [1.165, 1.54) is 7.11 Å². The summed E-state index contributed by atoms with van der Waals surface area (Å²) < 4.78 is 10.5. The van der Waals surface area contributed by atoms with Crippen molar-refractivity contribution in [3.8, 4) is 11.3 Å². The molecule has 8 heteroatoms. The van der Waals surface area contributed by atoms with E-state index in [1.54, 1.807) is 18.3 Å². The van der Waals surface area contributed by atoms with Gasteiger partial charge in [0.05, 0.1) is 26.3 Å². The topological polar surface area (TPSA) is 84.7 Å². The number of methoxy groups -OCH3 is 1. The summed E-state index contributed by atoms with van der Waals surface area (Å²) in [4.78, 5) is 29.8. The summed E-state index contributed by atoms with van der Waals surface area (Å²) in [5.74, 6) is 0.445. The van der Waals surface area contributed by atoms with Crippen molar-refractivity contribution in [2.75, 3.05) is 20.2 Å². The van der Waals surface area contributed by atoms with Gasteiger partial charge >= 0.3 is 5.97 Å². The molecule has 2 heterocycles. The number of benzene rings is 1. The number of oxazole rings is 1. The SMILES string of the molecule is COC(=O)CC1C(=O)NCCN1Cc1ncc(-c2cccc(Cl)c2)o1. The Balaban J connectivity index is 1.74. The normalized spacial score (nSPS) is 18.0. The number of esters is 1. The lowest BCUT2D eigenvalue weighted by molar-refractivity contribution is -0.146. The Morgan fingerprint density at radius 1 is 1.52 bits per heavy atom. The molecule has 7 nitrogen and oxygen atoms in total. The number of hydrogen-bond acceptors (Lipinski definition) is 6. The van der Waals surface area contributed by atoms with Crippen molar-refractivity contribution >= 4 is 23.5 Å². The smallest absolute Gasteiger partial charge is 0.307 e. The summed E-state index contributed by atoms with van der Waals surface area (Å²) in [7, 11) is 1.30. The van der Waals surface area contributed by atoms with Gasteiger partial charge in [-0.1, -0.05) is 23.7 Å². The number of rotatable bonds is 5. The van der Waals surface area contributed by atoms with E-state index in [0.29, 0.717) is 36.3 Å². The zero-order valence-corrected chi connectivity index (χ0v) is 14.5. The minimum atomic E-state index is -0.595. The molecule has 1 aromatic carbocycles. The van der Waals surface area contributed by atoms with Gasteiger partial charge in [-0.25, -0.2) is 4.98 Å². The second-order valence-electron chi connectivity index (χ2n) is 5.69. The molecule has 132 valence electrons. The molecule has 1 aliphatic heterocycles. The van der Waals surface area contributed by atoms with Crippen LogP contribution in [0.2, 0.25) is 5.02 Å². The van der Waals surface area contributed by atoms with Crippen molar-refractivity contribution in [2.45, 2.75) is 19.0 Å². The van der Waals surface area contributed by atoms with E-state index in [4.69, 9.17) is 16.0 Å². The maximum Gasteiger partial charge on any atom is 0.307 e. The highest BCUT2D eigenvalue weighted by atomic mass is 35.5. The molecule has 1 saturated heterocycles. The van der Waals surface area contributed by atoms with Gasteiger partial charge in [-0.2, -0.15) is 0 Å². The molecule has 1 unspecified atom stereocenters. The summed E-state index contributed by atoms with van der Waals surface area (Å²) in [6, 6.07) is 6.70. The van der Waals surface area contributed by atoms with E-state index in [0.717, 1.165) is 5.56 Å². The molecule has 1 aliphatic rings. The van der Waals surface area contributed by atoms with E-state index < -0.39 is 12.0 Å². The molecule has 0 bridgehead atoms. The number of hydrogen-bond donors (Lipinski definition) is 1. The van der Waals surface area contributed by atoms with Crippen LogP contribution in [-0.4, -0.2) is 48.0 Å². The van der Waals surface area contributed by atoms with Gasteiger partial charge in [-0.3, -0.25) is 14.5 Å². The Hall–Kier alpha value is -2.38. The first-order chi connectivity index (χ1) is 12.1. The van der Waals surface area contributed by atoms with E-state index in [1.807, 2.05) is 17.0 Å². The van der Waals surface area contributed by atoms with Crippen LogP contribution < -0.4 is 5.32 Å². The van der Waals surface area contributed by atoms with Crippen molar-refractivity contribution in [1.29, 1.82) is 0 Å². The number of piperazine rings is 1. The van der Waals surface area contributed by atoms with Gasteiger partial charge in [-0.05, 0) is 12.1 Å². The Bertz CT molecular complexity index is 777. The van der Waals surface area contributed by atoms with Crippen molar-refractivity contribution < 1.29 is 18.7 Å². The maximum absolute atomic E-state index is 12.1. The number of nitrogens with zero attached hydrogens (tertiary/aromatic N) is 2. The standard InChI is InChI=1S/C17H18ClN3O4/c1-24-16(22)8-13-17(23)19-5-6-21(13)10-15-20-9-14(25-15)11-3-2-4-12(18)7-11/h2-4,7,9,13H,5-6,8,10H2,1H3,(H,19,23). The predicted octanol–water partition coefficient (Wildman–Crippen LogP) is 1.86. The van der Waals surface area contributed by atoms with Gasteiger partial charge in [0.2, 0.25) is 11.8 Å². The second-order valence-corrected chi connectivity index (χ2v) is 6.12. The summed E-state index contributed by atoms with van der Waals surface area (Å²) in [6.07, 6.45) is 1.62. The molecular weight excluding hydrogens is 346 g/mol. The van der Waals surface area contributed by atoms with E-state index in [-0.39, 0.29) is 12.3 Å². The number of carbonyl (C=O) groups excluding carboxylic acids is 2. The minimum absolute atomic E-state index is 0.00973. The van der Waals surface area contributed by atoms with Crippen LogP contribution in [0.4, 0.5) is 0 Å². The van der Waals surface area contributed by atoms with Gasteiger partial charge in [0.1, 0.15) is 6.04 Å². The van der Waals surface area contributed by atoms with Crippen LogP contribution in [0.5, 0.6) is 0 Å². The molecule has 3 rings (SSSR count). The van der Waals surface area contributed by atoms with E-state index >= 15 is 0 Å². The third-order valence-electron chi connectivity index (χ3n) is 4.03. The summed E-state index contributed by atoms with van der Waals surface area (Å²) in [5.41, 5.74) is 0.828. The summed E-state index contributed by atoms with van der Waals surface area (Å²) in [5, 5.41) is 3.37. The molecule has 1 aromatic heterocycles. The number of amides is 1. The van der Waals surface area contributed by atoms with Crippen molar-refractivity contribution in [2.24, 2.45) is 0 Å². The lowest BCUT2D eigenvalue weighted by Crippen LogP contribution is -2.55. The number of halogens is 1. The average molecular weight is 364 g/mol. The van der Waals surface area contributed by atoms with Crippen molar-refractivity contribution in [1.82, 2.24) is 15.2 Å². The van der Waals surface area contributed by atoms with Gasteiger partial charge in [0, 0.05) is 23.7 Å². The number of carbonyl (C=O) groups is 2. The second kappa shape index (κ2) is 7.67. The molecule has 1 N–H and O–H groups in total. The van der Waals surface area contributed by atoms with Crippen LogP contribution in [0.15, 0.2) is 34.9 Å². The lowest BCUT2D eigenvalue weighted by atomic mass is 10.1. The van der Waals surface area contributed by atoms with Crippen LogP contribution in [0, 0.1) is 0 Å². The highest BCUT2D eigenvalue weighted by Gasteiger charge is 2.32. The molecule has 0 saturated carbocycles. The van der Waals surface area contributed by atoms with Crippen LogP contribution in [0.25, 0.3) is 11.3 Å². The number of aromatic nitrogens is 1. The molecule has 1 fully saturated rings. The first-order valence-electron chi connectivity index (χ1n) is 7.86. The maximum atomic E-state index is 12.1. The fourth-order valence-corrected chi connectivity index (χ4v) is 2.94. The first kappa shape index (κ1) is 17.4. The van der Waals surface area contributed by atoms with Crippen molar-refractivity contribution in [3.63, 3.8) is 0 Å². The fourth-order valence-electron chi connectivity index (χ4n) is 2.75. The van der Waals surface area contributed by atoms with Crippen LogP contribution in [-0.2, 0) is 20.9 Å². The third kappa shape index (κ3) is 4.18. The Morgan fingerprint density at radius 3 is 3.12 bits per heavy atom. The third-order valence-corrected chi connectivity index (χ3v) is 4.27. The number of ether oxygens (including phenoxy) is 1. The van der Waals surface area contributed by atoms with Crippen molar-refractivity contribution in [3.05, 3.63) is 41.4 Å². The molecule has 1 amide bonds. The highest BCUT2D eigenvalue weighted by molar-refractivity contribution is 6.30. The molecule has 1 atom stereocenters. The number of nitrogens with one attached hydrogen (secondary N) is 1. The van der Waals surface area contributed by atoms with Gasteiger partial charge in [-0.15, -0.1) is 0 Å². The van der Waals surface area contributed by atoms with Crippen LogP contribution in [0.1, 0.15) is 12.3 Å². The van der Waals surface area contributed by atoms with Gasteiger partial charge in [0.15, 0.2) is 5.76 Å². The average Bonchev–Trinajstić information content (AvgIpc) is 3.06. The quantitative estimate of drug-likeness (QED) is 0.816. The Labute approximate surface area is 149 Å². The van der Waals surface area contributed by atoms with Gasteiger partial charge < -0.3 is 14.5 Å². The van der Waals surface area contributed by atoms with Crippen LogP contribution >= 0.6 is 11.6 Å². The Kier molecular flexibility index (Phi) is 5.35. The van der Waals surface area contributed by atoms with Crippen LogP contribution in [0.3, 0.4) is 0 Å². The largest absolute Gasteiger partial charge is 0.469 e. The minimum Gasteiger partial charge on any atom is -0.469 e. The summed E-state index contributed by atoms with van der Waals surface area (Å²) >= 11 is 6.00. The molecule has 25 heavy (non-hydrogen) atoms. The monoisotopic (exact) mass is 363 g/mol. The molecule has 2 aromatic rings. The Morgan fingerprint density at radius 2 is 2.36 bits per heavy atom. The molecular formula is C17H18ClN3O4.